The van der Waals surface area contributed by atoms with Crippen molar-refractivity contribution in [3.63, 3.8) is 0 Å². The van der Waals surface area contributed by atoms with Gasteiger partial charge < -0.3 is 5.32 Å². The first kappa shape index (κ1) is 20.9. The lowest BCUT2D eigenvalue weighted by Gasteiger charge is -2.27. The summed E-state index contributed by atoms with van der Waals surface area (Å²) < 4.78 is 26.5. The molecule has 0 aliphatic carbocycles. The summed E-state index contributed by atoms with van der Waals surface area (Å²) in [6.07, 6.45) is 2.69. The second kappa shape index (κ2) is 9.78. The molecule has 0 radical (unpaired) electrons. The maximum atomic E-state index is 12.0. The number of pyridine rings is 1. The van der Waals surface area contributed by atoms with Crippen molar-refractivity contribution in [3.8, 4) is 0 Å². The van der Waals surface area contributed by atoms with Gasteiger partial charge >= 0.3 is 0 Å². The molecule has 0 saturated carbocycles. The minimum atomic E-state index is -3.52. The molecular weight excluding hydrogens is 359 g/mol. The summed E-state index contributed by atoms with van der Waals surface area (Å²) in [4.78, 5) is 6.09. The van der Waals surface area contributed by atoms with E-state index in [4.69, 9.17) is 11.6 Å². The van der Waals surface area contributed by atoms with Crippen LogP contribution in [-0.2, 0) is 10.0 Å². The molecule has 0 amide bonds. The Labute approximate surface area is 142 Å². The van der Waals surface area contributed by atoms with Crippen LogP contribution in [0.15, 0.2) is 23.4 Å². The van der Waals surface area contributed by atoms with E-state index >= 15 is 0 Å². The molecule has 0 atom stereocenters. The van der Waals surface area contributed by atoms with Crippen molar-refractivity contribution in [2.45, 2.75) is 4.90 Å². The molecule has 122 valence electrons. The summed E-state index contributed by atoms with van der Waals surface area (Å²) in [5.74, 6) is 0. The van der Waals surface area contributed by atoms with E-state index in [1.165, 1.54) is 18.5 Å². The molecule has 10 heteroatoms. The van der Waals surface area contributed by atoms with Crippen LogP contribution in [0.1, 0.15) is 0 Å². The van der Waals surface area contributed by atoms with E-state index in [0.717, 1.165) is 26.2 Å². The predicted octanol–water partition coefficient (Wildman–Crippen LogP) is 0.762. The minimum Gasteiger partial charge on any atom is -0.314 e. The number of aromatic nitrogens is 1. The summed E-state index contributed by atoms with van der Waals surface area (Å²) in [6, 6.07) is 1.39. The summed E-state index contributed by atoms with van der Waals surface area (Å²) in [5, 5.41) is 3.56. The van der Waals surface area contributed by atoms with Crippen molar-refractivity contribution >= 4 is 46.4 Å². The van der Waals surface area contributed by atoms with E-state index in [-0.39, 0.29) is 29.7 Å². The highest BCUT2D eigenvalue weighted by molar-refractivity contribution is 7.89. The lowest BCUT2D eigenvalue weighted by molar-refractivity contribution is 0.245. The number of nitrogens with one attached hydrogen (secondary N) is 2. The average molecular weight is 378 g/mol. The summed E-state index contributed by atoms with van der Waals surface area (Å²) in [5.41, 5.74) is 0. The highest BCUT2D eigenvalue weighted by Crippen LogP contribution is 2.12. The average Bonchev–Trinajstić information content (AvgIpc) is 2.40. The Kier molecular flexibility index (Phi) is 9.71. The van der Waals surface area contributed by atoms with Gasteiger partial charge in [-0.15, -0.1) is 24.8 Å². The van der Waals surface area contributed by atoms with E-state index in [9.17, 15) is 8.42 Å². The standard InChI is InChI=1S/C11H17ClN4O2S.2ClH/c12-10-7-11(9-14-8-10)19(17,18)15-3-6-16-4-1-13-2-5-16;;/h7-9,13,15H,1-6H2;2*1H. The third-order valence-corrected chi connectivity index (χ3v) is 4.55. The Balaban J connectivity index is 0.00000200. The first-order chi connectivity index (χ1) is 9.08. The van der Waals surface area contributed by atoms with Gasteiger partial charge in [-0.25, -0.2) is 13.1 Å². The number of hydrogen-bond donors (Lipinski definition) is 2. The molecular formula is C11H19Cl3N4O2S. The predicted molar refractivity (Wildman–Crippen MR) is 88.2 cm³/mol. The largest absolute Gasteiger partial charge is 0.314 e. The van der Waals surface area contributed by atoms with Crippen molar-refractivity contribution in [2.75, 3.05) is 39.3 Å². The lowest BCUT2D eigenvalue weighted by atomic mass is 10.3. The zero-order chi connectivity index (χ0) is 13.7. The molecule has 21 heavy (non-hydrogen) atoms. The third kappa shape index (κ3) is 6.65. The second-order valence-corrected chi connectivity index (χ2v) is 6.53. The van der Waals surface area contributed by atoms with Gasteiger partial charge in [0.15, 0.2) is 0 Å². The molecule has 6 nitrogen and oxygen atoms in total. The smallest absolute Gasteiger partial charge is 0.242 e. The first-order valence-corrected chi connectivity index (χ1v) is 7.97. The van der Waals surface area contributed by atoms with Crippen molar-refractivity contribution in [1.29, 1.82) is 0 Å². The molecule has 1 fully saturated rings. The number of sulfonamides is 1. The molecule has 1 aliphatic rings. The van der Waals surface area contributed by atoms with Crippen molar-refractivity contribution < 1.29 is 8.42 Å². The normalized spacial score (nSPS) is 15.9. The molecule has 1 saturated heterocycles. The Morgan fingerprint density at radius 2 is 1.95 bits per heavy atom. The maximum absolute atomic E-state index is 12.0. The Morgan fingerprint density at radius 3 is 2.57 bits per heavy atom. The van der Waals surface area contributed by atoms with E-state index in [1.54, 1.807) is 0 Å². The topological polar surface area (TPSA) is 74.3 Å². The molecule has 1 aliphatic heterocycles. The van der Waals surface area contributed by atoms with Crippen LogP contribution in [0.25, 0.3) is 0 Å². The number of rotatable bonds is 5. The summed E-state index contributed by atoms with van der Waals surface area (Å²) >= 11 is 5.74. The van der Waals surface area contributed by atoms with Crippen LogP contribution < -0.4 is 10.0 Å². The van der Waals surface area contributed by atoms with Crippen LogP contribution >= 0.6 is 36.4 Å². The Morgan fingerprint density at radius 1 is 1.29 bits per heavy atom. The van der Waals surface area contributed by atoms with Gasteiger partial charge in [0.05, 0.1) is 5.02 Å². The Hall–Kier alpha value is -0.150. The van der Waals surface area contributed by atoms with Gasteiger partial charge in [0.25, 0.3) is 0 Å². The zero-order valence-corrected chi connectivity index (χ0v) is 14.5. The Bertz CT molecular complexity index is 524. The number of piperazine rings is 1. The molecule has 2 N–H and O–H groups in total. The van der Waals surface area contributed by atoms with Crippen LogP contribution in [0.4, 0.5) is 0 Å². The number of hydrogen-bond acceptors (Lipinski definition) is 5. The lowest BCUT2D eigenvalue weighted by Crippen LogP contribution is -2.46. The first-order valence-electron chi connectivity index (χ1n) is 6.11. The van der Waals surface area contributed by atoms with Gasteiger partial charge in [-0.05, 0) is 6.07 Å². The van der Waals surface area contributed by atoms with Crippen LogP contribution in [0.3, 0.4) is 0 Å². The minimum absolute atomic E-state index is 0. The van der Waals surface area contributed by atoms with Gasteiger partial charge in [-0.1, -0.05) is 11.6 Å². The SMILES string of the molecule is Cl.Cl.O=S(=O)(NCCN1CCNCC1)c1cncc(Cl)c1. The molecule has 0 unspecified atom stereocenters. The van der Waals surface area contributed by atoms with Crippen LogP contribution in [-0.4, -0.2) is 57.6 Å². The van der Waals surface area contributed by atoms with Gasteiger partial charge in [-0.3, -0.25) is 9.88 Å². The zero-order valence-electron chi connectivity index (χ0n) is 11.3. The quantitative estimate of drug-likeness (QED) is 0.792. The van der Waals surface area contributed by atoms with E-state index in [1.807, 2.05) is 0 Å². The van der Waals surface area contributed by atoms with Crippen molar-refractivity contribution in [2.24, 2.45) is 0 Å². The fraction of sp³-hybridized carbons (Fsp3) is 0.545. The third-order valence-electron chi connectivity index (χ3n) is 2.92. The van der Waals surface area contributed by atoms with E-state index in [2.05, 4.69) is 19.9 Å². The van der Waals surface area contributed by atoms with E-state index in [0.29, 0.717) is 18.1 Å². The number of halogens is 3. The van der Waals surface area contributed by atoms with Gasteiger partial charge in [0, 0.05) is 51.7 Å². The van der Waals surface area contributed by atoms with Gasteiger partial charge in [0.1, 0.15) is 4.90 Å². The summed E-state index contributed by atoms with van der Waals surface area (Å²) in [6.45, 7) is 4.88. The van der Waals surface area contributed by atoms with Crippen LogP contribution in [0.5, 0.6) is 0 Å². The monoisotopic (exact) mass is 376 g/mol. The molecule has 0 spiro atoms. The number of nitrogens with zero attached hydrogens (tertiary/aromatic N) is 2. The van der Waals surface area contributed by atoms with Gasteiger partial charge in [-0.2, -0.15) is 0 Å². The van der Waals surface area contributed by atoms with Crippen molar-refractivity contribution in [3.05, 3.63) is 23.5 Å². The fourth-order valence-electron chi connectivity index (χ4n) is 1.90. The highest BCUT2D eigenvalue weighted by Gasteiger charge is 2.15. The van der Waals surface area contributed by atoms with Crippen molar-refractivity contribution in [1.82, 2.24) is 19.9 Å². The molecule has 1 aromatic rings. The van der Waals surface area contributed by atoms with Gasteiger partial charge in [0.2, 0.25) is 10.0 Å². The maximum Gasteiger partial charge on any atom is 0.242 e. The molecule has 2 heterocycles. The second-order valence-electron chi connectivity index (χ2n) is 4.33. The molecule has 1 aromatic heterocycles. The van der Waals surface area contributed by atoms with E-state index < -0.39 is 10.0 Å². The highest BCUT2D eigenvalue weighted by atomic mass is 35.5. The molecule has 2 rings (SSSR count). The van der Waals surface area contributed by atoms with Crippen LogP contribution in [0, 0.1) is 0 Å². The fourth-order valence-corrected chi connectivity index (χ4v) is 3.14. The molecule has 0 bridgehead atoms. The molecule has 0 aromatic carbocycles. The summed E-state index contributed by atoms with van der Waals surface area (Å²) in [7, 11) is -3.52. The van der Waals surface area contributed by atoms with Crippen LogP contribution in [0.2, 0.25) is 5.02 Å².